The van der Waals surface area contributed by atoms with E-state index in [0.29, 0.717) is 12.0 Å². The van der Waals surface area contributed by atoms with Gasteiger partial charge in [0.15, 0.2) is 0 Å². The Labute approximate surface area is 140 Å². The minimum Gasteiger partial charge on any atom is -0.356 e. The molecule has 0 unspecified atom stereocenters. The number of hydrogen-bond acceptors (Lipinski definition) is 4. The third-order valence-electron chi connectivity index (χ3n) is 4.56. The van der Waals surface area contributed by atoms with Crippen molar-refractivity contribution >= 4 is 11.7 Å². The van der Waals surface area contributed by atoms with Crippen LogP contribution < -0.4 is 4.90 Å². The van der Waals surface area contributed by atoms with Gasteiger partial charge in [0, 0.05) is 43.4 Å². The van der Waals surface area contributed by atoms with Gasteiger partial charge in [0.2, 0.25) is 5.91 Å². The fourth-order valence-electron chi connectivity index (χ4n) is 3.03. The van der Waals surface area contributed by atoms with Crippen LogP contribution in [0.1, 0.15) is 59.1 Å². The van der Waals surface area contributed by atoms with E-state index < -0.39 is 0 Å². The molecule has 5 nitrogen and oxygen atoms in total. The number of hydrogen-bond donors (Lipinski definition) is 0. The van der Waals surface area contributed by atoms with E-state index >= 15 is 0 Å². The maximum atomic E-state index is 12.4. The average Bonchev–Trinajstić information content (AvgIpc) is 2.53. The third-order valence-corrected chi connectivity index (χ3v) is 4.56. The van der Waals surface area contributed by atoms with Crippen molar-refractivity contribution in [1.82, 2.24) is 14.9 Å². The Balaban J connectivity index is 1.99. The normalized spacial score (nSPS) is 16.7. The first-order valence-corrected chi connectivity index (χ1v) is 8.54. The summed E-state index contributed by atoms with van der Waals surface area (Å²) in [4.78, 5) is 25.4. The lowest BCUT2D eigenvalue weighted by Crippen LogP contribution is -2.48. The molecular formula is C18H30N4O. The van der Waals surface area contributed by atoms with Crippen molar-refractivity contribution in [3.05, 3.63) is 18.1 Å². The van der Waals surface area contributed by atoms with Crippen LogP contribution in [0.4, 0.5) is 5.82 Å². The zero-order chi connectivity index (χ0) is 17.2. The molecule has 128 valence electrons. The number of rotatable bonds is 3. The predicted molar refractivity (Wildman–Crippen MR) is 93.6 cm³/mol. The van der Waals surface area contributed by atoms with E-state index in [1.807, 2.05) is 32.7 Å². The smallest absolute Gasteiger partial charge is 0.227 e. The summed E-state index contributed by atoms with van der Waals surface area (Å²) >= 11 is 0. The first-order chi connectivity index (χ1) is 10.7. The van der Waals surface area contributed by atoms with E-state index in [0.717, 1.165) is 37.4 Å². The van der Waals surface area contributed by atoms with Crippen LogP contribution >= 0.6 is 0 Å². The van der Waals surface area contributed by atoms with Crippen molar-refractivity contribution in [3.63, 3.8) is 0 Å². The molecule has 0 bridgehead atoms. The molecule has 1 fully saturated rings. The van der Waals surface area contributed by atoms with Crippen LogP contribution in [0.5, 0.6) is 0 Å². The van der Waals surface area contributed by atoms with Gasteiger partial charge in [-0.25, -0.2) is 9.97 Å². The number of piperidine rings is 1. The van der Waals surface area contributed by atoms with Gasteiger partial charge < -0.3 is 9.80 Å². The van der Waals surface area contributed by atoms with E-state index in [-0.39, 0.29) is 11.3 Å². The Hall–Kier alpha value is -1.65. The van der Waals surface area contributed by atoms with Crippen LogP contribution in [0, 0.1) is 5.41 Å². The van der Waals surface area contributed by atoms with Crippen LogP contribution in [-0.4, -0.2) is 47.0 Å². The number of nitrogens with zero attached hydrogens (tertiary/aromatic N) is 4. The highest BCUT2D eigenvalue weighted by Crippen LogP contribution is 2.25. The highest BCUT2D eigenvalue weighted by atomic mass is 16.2. The van der Waals surface area contributed by atoms with Crippen LogP contribution in [0.3, 0.4) is 0 Å². The molecule has 0 atom stereocenters. The van der Waals surface area contributed by atoms with Crippen molar-refractivity contribution in [3.8, 4) is 0 Å². The number of anilines is 1. The van der Waals surface area contributed by atoms with Crippen molar-refractivity contribution in [2.24, 2.45) is 5.41 Å². The van der Waals surface area contributed by atoms with Crippen molar-refractivity contribution < 1.29 is 4.79 Å². The monoisotopic (exact) mass is 318 g/mol. The van der Waals surface area contributed by atoms with Crippen LogP contribution in [-0.2, 0) is 4.79 Å². The second-order valence-electron chi connectivity index (χ2n) is 7.84. The summed E-state index contributed by atoms with van der Waals surface area (Å²) in [5, 5.41) is 0. The van der Waals surface area contributed by atoms with Gasteiger partial charge in [0.05, 0.1) is 0 Å². The molecule has 2 heterocycles. The number of amides is 1. The fourth-order valence-corrected chi connectivity index (χ4v) is 3.03. The molecule has 5 heteroatoms. The molecule has 1 aliphatic rings. The minimum atomic E-state index is -0.315. The fraction of sp³-hybridized carbons (Fsp3) is 0.722. The third kappa shape index (κ3) is 4.21. The molecule has 0 aromatic carbocycles. The molecule has 1 aliphatic heterocycles. The molecule has 0 radical (unpaired) electrons. The van der Waals surface area contributed by atoms with Gasteiger partial charge in [-0.3, -0.25) is 4.79 Å². The van der Waals surface area contributed by atoms with E-state index in [1.165, 1.54) is 0 Å². The summed E-state index contributed by atoms with van der Waals surface area (Å²) in [5.74, 6) is 1.64. The van der Waals surface area contributed by atoms with Gasteiger partial charge >= 0.3 is 0 Å². The molecule has 2 rings (SSSR count). The molecule has 1 amide bonds. The van der Waals surface area contributed by atoms with E-state index in [4.69, 9.17) is 0 Å². The minimum absolute atomic E-state index is 0.222. The summed E-state index contributed by atoms with van der Waals surface area (Å²) in [5.41, 5.74) is 0.766. The van der Waals surface area contributed by atoms with Gasteiger partial charge in [-0.2, -0.15) is 0 Å². The highest BCUT2D eigenvalue weighted by Gasteiger charge is 2.31. The van der Waals surface area contributed by atoms with Gasteiger partial charge in [0.25, 0.3) is 0 Å². The molecule has 23 heavy (non-hydrogen) atoms. The van der Waals surface area contributed by atoms with Crippen LogP contribution in [0.2, 0.25) is 0 Å². The first-order valence-electron chi connectivity index (χ1n) is 8.54. The Morgan fingerprint density at radius 3 is 2.39 bits per heavy atom. The van der Waals surface area contributed by atoms with Crippen molar-refractivity contribution in [2.75, 3.05) is 25.0 Å². The second-order valence-corrected chi connectivity index (χ2v) is 7.84. The lowest BCUT2D eigenvalue weighted by atomic mass is 9.92. The maximum absolute atomic E-state index is 12.4. The van der Waals surface area contributed by atoms with E-state index in [2.05, 4.69) is 34.8 Å². The number of carbonyl (C=O) groups excluding carboxylic acids is 1. The standard InChI is InChI=1S/C18H30N4O/c1-13(2)15-11-16(20-12-19-15)22-9-7-14(8-10-22)21(6)17(23)18(3,4)5/h11-14H,7-10H2,1-6H3. The summed E-state index contributed by atoms with van der Waals surface area (Å²) < 4.78 is 0. The van der Waals surface area contributed by atoms with Gasteiger partial charge in [-0.15, -0.1) is 0 Å². The molecular weight excluding hydrogens is 288 g/mol. The van der Waals surface area contributed by atoms with Crippen molar-refractivity contribution in [1.29, 1.82) is 0 Å². The molecule has 0 aliphatic carbocycles. The number of aromatic nitrogens is 2. The molecule has 0 N–H and O–H groups in total. The Kier molecular flexibility index (Phi) is 5.27. The largest absolute Gasteiger partial charge is 0.356 e. The summed E-state index contributed by atoms with van der Waals surface area (Å²) in [7, 11) is 1.94. The summed E-state index contributed by atoms with van der Waals surface area (Å²) in [6.07, 6.45) is 3.63. The quantitative estimate of drug-likeness (QED) is 0.859. The Morgan fingerprint density at radius 1 is 1.26 bits per heavy atom. The number of carbonyl (C=O) groups is 1. The maximum Gasteiger partial charge on any atom is 0.227 e. The first kappa shape index (κ1) is 17.7. The summed E-state index contributed by atoms with van der Waals surface area (Å²) in [6.45, 7) is 12.1. The lowest BCUT2D eigenvalue weighted by molar-refractivity contribution is -0.140. The van der Waals surface area contributed by atoms with Crippen LogP contribution in [0.25, 0.3) is 0 Å². The second kappa shape index (κ2) is 6.85. The van der Waals surface area contributed by atoms with Crippen LogP contribution in [0.15, 0.2) is 12.4 Å². The Morgan fingerprint density at radius 2 is 1.87 bits per heavy atom. The molecule has 0 saturated carbocycles. The van der Waals surface area contributed by atoms with E-state index in [9.17, 15) is 4.79 Å². The van der Waals surface area contributed by atoms with Crippen molar-refractivity contribution in [2.45, 2.75) is 59.4 Å². The SMILES string of the molecule is CC(C)c1cc(N2CCC(N(C)C(=O)C(C)(C)C)CC2)ncn1. The van der Waals surface area contributed by atoms with Gasteiger partial charge in [-0.05, 0) is 18.8 Å². The topological polar surface area (TPSA) is 49.3 Å². The zero-order valence-corrected chi connectivity index (χ0v) is 15.3. The molecule has 0 spiro atoms. The highest BCUT2D eigenvalue weighted by molar-refractivity contribution is 5.81. The Bertz CT molecular complexity index is 542. The molecule has 1 aromatic rings. The summed E-state index contributed by atoms with van der Waals surface area (Å²) in [6, 6.07) is 2.42. The average molecular weight is 318 g/mol. The lowest BCUT2D eigenvalue weighted by Gasteiger charge is -2.39. The van der Waals surface area contributed by atoms with Gasteiger partial charge in [-0.1, -0.05) is 34.6 Å². The zero-order valence-electron chi connectivity index (χ0n) is 15.3. The van der Waals surface area contributed by atoms with E-state index in [1.54, 1.807) is 6.33 Å². The molecule has 1 saturated heterocycles. The van der Waals surface area contributed by atoms with Gasteiger partial charge in [0.1, 0.15) is 12.1 Å². The predicted octanol–water partition coefficient (Wildman–Crippen LogP) is 3.07. The molecule has 1 aromatic heterocycles.